The number of carbonyl (C=O) groups excluding carboxylic acids is 1. The van der Waals surface area contributed by atoms with Crippen LogP contribution in [0.25, 0.3) is 0 Å². The van der Waals surface area contributed by atoms with Gasteiger partial charge in [0, 0.05) is 37.8 Å². The average molecular weight is 376 g/mol. The Kier molecular flexibility index (Phi) is 5.36. The van der Waals surface area contributed by atoms with Crippen LogP contribution in [0.3, 0.4) is 0 Å². The fourth-order valence-electron chi connectivity index (χ4n) is 2.51. The molecule has 3 heterocycles. The van der Waals surface area contributed by atoms with Crippen molar-refractivity contribution in [1.82, 2.24) is 14.8 Å². The summed E-state index contributed by atoms with van der Waals surface area (Å²) in [5.74, 6) is -0.0238. The number of rotatable bonds is 3. The van der Waals surface area contributed by atoms with Crippen LogP contribution in [0.2, 0.25) is 8.67 Å². The minimum absolute atomic E-state index is 0.0238. The maximum atomic E-state index is 12.6. The zero-order valence-electron chi connectivity index (χ0n) is 11.8. The number of halogens is 2. The predicted octanol–water partition coefficient (Wildman–Crippen LogP) is 3.86. The Morgan fingerprint density at radius 1 is 1.27 bits per heavy atom. The first-order chi connectivity index (χ1) is 10.6. The van der Waals surface area contributed by atoms with Gasteiger partial charge in [0.1, 0.15) is 9.34 Å². The first-order valence-electron chi connectivity index (χ1n) is 6.98. The molecule has 1 aliphatic heterocycles. The number of thiophene rings is 1. The molecule has 1 amide bonds. The van der Waals surface area contributed by atoms with E-state index in [4.69, 9.17) is 23.2 Å². The van der Waals surface area contributed by atoms with Gasteiger partial charge in [0.15, 0.2) is 0 Å². The molecule has 2 aromatic rings. The highest BCUT2D eigenvalue weighted by Gasteiger charge is 2.23. The first-order valence-corrected chi connectivity index (χ1v) is 9.43. The Balaban J connectivity index is 1.62. The van der Waals surface area contributed by atoms with E-state index >= 15 is 0 Å². The summed E-state index contributed by atoms with van der Waals surface area (Å²) in [6, 6.07) is 1.66. The lowest BCUT2D eigenvalue weighted by Crippen LogP contribution is -2.35. The second-order valence-corrected chi connectivity index (χ2v) is 8.35. The maximum absolute atomic E-state index is 12.6. The molecule has 0 unspecified atom stereocenters. The molecule has 0 saturated carbocycles. The van der Waals surface area contributed by atoms with E-state index in [1.165, 1.54) is 11.3 Å². The molecule has 4 nitrogen and oxygen atoms in total. The van der Waals surface area contributed by atoms with Crippen LogP contribution >= 0.6 is 45.9 Å². The number of nitrogens with zero attached hydrogens (tertiary/aromatic N) is 3. The van der Waals surface area contributed by atoms with Crippen molar-refractivity contribution in [3.8, 4) is 0 Å². The van der Waals surface area contributed by atoms with Crippen molar-refractivity contribution in [3.05, 3.63) is 36.9 Å². The third-order valence-electron chi connectivity index (χ3n) is 3.61. The molecule has 0 aromatic carbocycles. The van der Waals surface area contributed by atoms with Crippen LogP contribution in [0.15, 0.2) is 17.6 Å². The van der Waals surface area contributed by atoms with Crippen LogP contribution in [0.1, 0.15) is 21.8 Å². The summed E-state index contributed by atoms with van der Waals surface area (Å²) < 4.78 is 1.02. The molecule has 22 heavy (non-hydrogen) atoms. The molecule has 1 fully saturated rings. The number of amides is 1. The zero-order valence-corrected chi connectivity index (χ0v) is 14.9. The molecule has 8 heteroatoms. The van der Waals surface area contributed by atoms with Gasteiger partial charge in [-0.15, -0.1) is 22.7 Å². The molecule has 1 saturated heterocycles. The number of hydrogen-bond acceptors (Lipinski definition) is 5. The largest absolute Gasteiger partial charge is 0.337 e. The normalized spacial score (nSPS) is 16.7. The number of thiazole rings is 1. The third-order valence-corrected chi connectivity index (χ3v) is 5.86. The summed E-state index contributed by atoms with van der Waals surface area (Å²) in [6.45, 7) is 4.12. The molecule has 0 N–H and O–H groups in total. The van der Waals surface area contributed by atoms with E-state index in [1.54, 1.807) is 17.4 Å². The fraction of sp³-hybridized carbons (Fsp3) is 0.429. The summed E-state index contributed by atoms with van der Waals surface area (Å²) >= 11 is 14.9. The smallest absolute Gasteiger partial charge is 0.256 e. The topological polar surface area (TPSA) is 36.4 Å². The van der Waals surface area contributed by atoms with Gasteiger partial charge >= 0.3 is 0 Å². The van der Waals surface area contributed by atoms with Gasteiger partial charge in [0.25, 0.3) is 5.91 Å². The highest BCUT2D eigenvalue weighted by atomic mass is 35.5. The summed E-state index contributed by atoms with van der Waals surface area (Å²) in [6.07, 6.45) is 2.78. The van der Waals surface area contributed by atoms with E-state index in [1.807, 2.05) is 16.5 Å². The Labute approximate surface area is 147 Å². The fourth-order valence-corrected chi connectivity index (χ4v) is 4.62. The van der Waals surface area contributed by atoms with Gasteiger partial charge in [-0.05, 0) is 12.5 Å². The molecule has 3 rings (SSSR count). The van der Waals surface area contributed by atoms with E-state index in [9.17, 15) is 4.79 Å². The van der Waals surface area contributed by atoms with Gasteiger partial charge in [0.05, 0.1) is 16.4 Å². The zero-order chi connectivity index (χ0) is 15.5. The first kappa shape index (κ1) is 16.2. The van der Waals surface area contributed by atoms with Crippen LogP contribution in [0.5, 0.6) is 0 Å². The molecule has 0 aliphatic carbocycles. The van der Waals surface area contributed by atoms with Crippen molar-refractivity contribution in [2.45, 2.75) is 13.0 Å². The van der Waals surface area contributed by atoms with E-state index in [0.29, 0.717) is 20.8 Å². The molecule has 0 bridgehead atoms. The van der Waals surface area contributed by atoms with Crippen molar-refractivity contribution in [2.24, 2.45) is 0 Å². The van der Waals surface area contributed by atoms with Gasteiger partial charge in [-0.25, -0.2) is 4.98 Å². The van der Waals surface area contributed by atoms with E-state index < -0.39 is 0 Å². The lowest BCUT2D eigenvalue weighted by Gasteiger charge is -2.21. The highest BCUT2D eigenvalue weighted by Crippen LogP contribution is 2.32. The summed E-state index contributed by atoms with van der Waals surface area (Å²) in [4.78, 5) is 21.1. The molecule has 1 aliphatic rings. The Hall–Kier alpha value is -0.660. The van der Waals surface area contributed by atoms with Crippen molar-refractivity contribution in [1.29, 1.82) is 0 Å². The Bertz CT molecular complexity index is 645. The second-order valence-electron chi connectivity index (χ2n) is 5.09. The predicted molar refractivity (Wildman–Crippen MR) is 92.3 cm³/mol. The highest BCUT2D eigenvalue weighted by molar-refractivity contribution is 7.20. The van der Waals surface area contributed by atoms with Crippen LogP contribution in [-0.2, 0) is 6.54 Å². The van der Waals surface area contributed by atoms with Crippen molar-refractivity contribution in [2.75, 3.05) is 26.2 Å². The standard InChI is InChI=1S/C14H15Cl2N3OS2/c15-11-8-10(13(16)22-11)14(20)19-4-1-3-18(5-6-19)9-12-17-2-7-21-12/h2,7-8H,1,3-6,9H2. The van der Waals surface area contributed by atoms with E-state index in [2.05, 4.69) is 9.88 Å². The summed E-state index contributed by atoms with van der Waals surface area (Å²) in [5.41, 5.74) is 0.519. The Morgan fingerprint density at radius 2 is 2.14 bits per heavy atom. The maximum Gasteiger partial charge on any atom is 0.256 e. The van der Waals surface area contributed by atoms with Crippen LogP contribution in [-0.4, -0.2) is 46.9 Å². The molecule has 0 radical (unpaired) electrons. The summed E-state index contributed by atoms with van der Waals surface area (Å²) in [5, 5.41) is 3.11. The Morgan fingerprint density at radius 3 is 2.82 bits per heavy atom. The minimum atomic E-state index is -0.0238. The van der Waals surface area contributed by atoms with Gasteiger partial charge in [-0.2, -0.15) is 0 Å². The average Bonchev–Trinajstić information content (AvgIpc) is 3.03. The third kappa shape index (κ3) is 3.81. The molecule has 0 atom stereocenters. The SMILES string of the molecule is O=C(c1cc(Cl)sc1Cl)N1CCCN(Cc2nccs2)CC1. The number of aromatic nitrogens is 1. The van der Waals surface area contributed by atoms with Crippen molar-refractivity contribution >= 4 is 51.8 Å². The molecule has 0 spiro atoms. The summed E-state index contributed by atoms with van der Waals surface area (Å²) in [7, 11) is 0. The van der Waals surface area contributed by atoms with Crippen molar-refractivity contribution < 1.29 is 4.79 Å². The number of carbonyl (C=O) groups is 1. The number of hydrogen-bond donors (Lipinski definition) is 0. The van der Waals surface area contributed by atoms with Crippen LogP contribution in [0, 0.1) is 0 Å². The minimum Gasteiger partial charge on any atom is -0.337 e. The van der Waals surface area contributed by atoms with Crippen LogP contribution in [0.4, 0.5) is 0 Å². The quantitative estimate of drug-likeness (QED) is 0.816. The molecule has 118 valence electrons. The van der Waals surface area contributed by atoms with Crippen molar-refractivity contribution in [3.63, 3.8) is 0 Å². The van der Waals surface area contributed by atoms with Crippen LogP contribution < -0.4 is 0 Å². The van der Waals surface area contributed by atoms with Gasteiger partial charge in [-0.3, -0.25) is 9.69 Å². The molecule has 2 aromatic heterocycles. The van der Waals surface area contributed by atoms with E-state index in [0.717, 1.165) is 37.6 Å². The molecular formula is C14H15Cl2N3OS2. The lowest BCUT2D eigenvalue weighted by molar-refractivity contribution is 0.0762. The van der Waals surface area contributed by atoms with Gasteiger partial charge in [-0.1, -0.05) is 23.2 Å². The van der Waals surface area contributed by atoms with E-state index in [-0.39, 0.29) is 5.91 Å². The monoisotopic (exact) mass is 375 g/mol. The van der Waals surface area contributed by atoms with Gasteiger partial charge < -0.3 is 4.90 Å². The second kappa shape index (κ2) is 7.27. The van der Waals surface area contributed by atoms with Gasteiger partial charge in [0.2, 0.25) is 0 Å². The molecular weight excluding hydrogens is 361 g/mol. The lowest BCUT2D eigenvalue weighted by atomic mass is 10.3.